The largest absolute Gasteiger partial charge is 0.369 e. The highest BCUT2D eigenvalue weighted by Gasteiger charge is 2.27. The predicted octanol–water partition coefficient (Wildman–Crippen LogP) is 2.93. The van der Waals surface area contributed by atoms with Crippen LogP contribution in [-0.4, -0.2) is 49.1 Å². The van der Waals surface area contributed by atoms with Gasteiger partial charge in [-0.1, -0.05) is 24.3 Å². The van der Waals surface area contributed by atoms with Gasteiger partial charge in [-0.15, -0.1) is 0 Å². The highest BCUT2D eigenvalue weighted by molar-refractivity contribution is 5.87. The van der Waals surface area contributed by atoms with Crippen molar-refractivity contribution in [1.82, 2.24) is 15.3 Å². The molecule has 0 spiro atoms. The third-order valence-corrected chi connectivity index (χ3v) is 6.22. The van der Waals surface area contributed by atoms with Gasteiger partial charge in [-0.05, 0) is 67.7 Å². The lowest BCUT2D eigenvalue weighted by Gasteiger charge is -2.23. The second kappa shape index (κ2) is 11.1. The molecular weight excluding hydrogens is 431 g/mol. The van der Waals surface area contributed by atoms with Gasteiger partial charge in [-0.25, -0.2) is 9.37 Å². The summed E-state index contributed by atoms with van der Waals surface area (Å²) in [5.41, 5.74) is 8.14. The summed E-state index contributed by atoms with van der Waals surface area (Å²) in [4.78, 5) is 23.9. The number of hydrogen-bond donors (Lipinski definition) is 3. The zero-order chi connectivity index (χ0) is 23.9. The first-order valence-electron chi connectivity index (χ1n) is 11.6. The van der Waals surface area contributed by atoms with Crippen LogP contribution in [-0.2, 0) is 11.2 Å². The number of halogens is 1. The van der Waals surface area contributed by atoms with E-state index >= 15 is 0 Å². The molecule has 1 fully saturated rings. The number of rotatable bonds is 10. The molecule has 34 heavy (non-hydrogen) atoms. The molecule has 3 heterocycles. The summed E-state index contributed by atoms with van der Waals surface area (Å²) >= 11 is 0. The number of nitrogens with two attached hydrogens (primary N) is 1. The number of aromatic nitrogens is 2. The maximum Gasteiger partial charge on any atom is 0.229 e. The summed E-state index contributed by atoms with van der Waals surface area (Å²) in [7, 11) is 1.97. The number of hydrogen-bond acceptors (Lipinski definition) is 6. The molecule has 0 aliphatic carbocycles. The van der Waals surface area contributed by atoms with Crippen LogP contribution in [0.1, 0.15) is 29.0 Å². The molecule has 7 nitrogen and oxygen atoms in total. The summed E-state index contributed by atoms with van der Waals surface area (Å²) in [5, 5.41) is 6.64. The van der Waals surface area contributed by atoms with E-state index in [-0.39, 0.29) is 5.82 Å². The predicted molar refractivity (Wildman–Crippen MR) is 132 cm³/mol. The highest BCUT2D eigenvalue weighted by Crippen LogP contribution is 2.32. The van der Waals surface area contributed by atoms with Gasteiger partial charge in [-0.2, -0.15) is 0 Å². The van der Waals surface area contributed by atoms with E-state index in [0.717, 1.165) is 37.4 Å². The highest BCUT2D eigenvalue weighted by atomic mass is 19.1. The molecule has 4 N–H and O–H groups in total. The monoisotopic (exact) mass is 462 g/mol. The Morgan fingerprint density at radius 2 is 2.15 bits per heavy atom. The quantitative estimate of drug-likeness (QED) is 0.429. The van der Waals surface area contributed by atoms with E-state index in [1.165, 1.54) is 12.1 Å². The molecule has 0 saturated carbocycles. The molecule has 1 unspecified atom stereocenters. The number of benzene rings is 1. The molecule has 178 valence electrons. The summed E-state index contributed by atoms with van der Waals surface area (Å²) < 4.78 is 13.6. The fraction of sp³-hybridized carbons (Fsp3) is 0.346. The van der Waals surface area contributed by atoms with Crippen molar-refractivity contribution >= 4 is 17.5 Å². The molecule has 1 aromatic carbocycles. The van der Waals surface area contributed by atoms with Crippen LogP contribution in [0, 0.1) is 11.7 Å². The molecular formula is C26H31FN6O. The second-order valence-corrected chi connectivity index (χ2v) is 8.69. The van der Waals surface area contributed by atoms with E-state index in [1.54, 1.807) is 24.5 Å². The van der Waals surface area contributed by atoms with E-state index in [1.807, 2.05) is 31.3 Å². The number of carbonyl (C=O) groups excluding carboxylic acids is 1. The van der Waals surface area contributed by atoms with Gasteiger partial charge in [0.05, 0.1) is 5.92 Å². The van der Waals surface area contributed by atoms with Crippen LogP contribution in [0.25, 0.3) is 0 Å². The van der Waals surface area contributed by atoms with E-state index in [9.17, 15) is 9.18 Å². The Morgan fingerprint density at radius 3 is 2.88 bits per heavy atom. The third kappa shape index (κ3) is 5.69. The summed E-state index contributed by atoms with van der Waals surface area (Å²) in [6, 6.07) is 14.1. The molecule has 1 aliphatic heterocycles. The van der Waals surface area contributed by atoms with Crippen LogP contribution in [0.15, 0.2) is 60.9 Å². The van der Waals surface area contributed by atoms with Crippen molar-refractivity contribution < 1.29 is 9.18 Å². The van der Waals surface area contributed by atoms with Gasteiger partial charge in [0.2, 0.25) is 5.91 Å². The normalized spacial score (nSPS) is 16.4. The number of primary amides is 1. The van der Waals surface area contributed by atoms with Gasteiger partial charge in [0, 0.05) is 37.6 Å². The lowest BCUT2D eigenvalue weighted by molar-refractivity contribution is -0.118. The molecule has 0 radical (unpaired) electrons. The molecule has 4 rings (SSSR count). The minimum absolute atomic E-state index is 0.256. The van der Waals surface area contributed by atoms with Crippen molar-refractivity contribution in [3.63, 3.8) is 0 Å². The zero-order valence-electron chi connectivity index (χ0n) is 19.4. The van der Waals surface area contributed by atoms with Crippen LogP contribution in [0.2, 0.25) is 0 Å². The second-order valence-electron chi connectivity index (χ2n) is 8.69. The van der Waals surface area contributed by atoms with Crippen molar-refractivity contribution in [1.29, 1.82) is 0 Å². The Labute approximate surface area is 199 Å². The number of nitrogens with one attached hydrogen (secondary N) is 2. The Kier molecular flexibility index (Phi) is 7.69. The average Bonchev–Trinajstić information content (AvgIpc) is 3.29. The molecule has 3 aromatic rings. The number of anilines is 2. The van der Waals surface area contributed by atoms with Gasteiger partial charge in [0.25, 0.3) is 0 Å². The SMILES string of the molecule is CNC[C@@H]1CCN(c2ccc(C(C(N)=O)c3cccnc3)c(NCCc3cccc(F)c3)n2)C1. The Balaban J connectivity index is 1.62. The molecule has 1 saturated heterocycles. The fourth-order valence-corrected chi connectivity index (χ4v) is 4.57. The molecule has 0 bridgehead atoms. The van der Waals surface area contributed by atoms with Gasteiger partial charge in [-0.3, -0.25) is 9.78 Å². The first kappa shape index (κ1) is 23.6. The molecule has 2 aromatic heterocycles. The van der Waals surface area contributed by atoms with Gasteiger partial charge < -0.3 is 21.3 Å². The fourth-order valence-electron chi connectivity index (χ4n) is 4.57. The Morgan fingerprint density at radius 1 is 1.26 bits per heavy atom. The van der Waals surface area contributed by atoms with Crippen LogP contribution in [0.4, 0.5) is 16.0 Å². The minimum Gasteiger partial charge on any atom is -0.369 e. The molecule has 1 amide bonds. The number of nitrogens with zero attached hydrogens (tertiary/aromatic N) is 3. The lowest BCUT2D eigenvalue weighted by Crippen LogP contribution is -2.27. The average molecular weight is 463 g/mol. The van der Waals surface area contributed by atoms with E-state index in [2.05, 4.69) is 20.5 Å². The van der Waals surface area contributed by atoms with Crippen molar-refractivity contribution in [3.05, 3.63) is 83.4 Å². The van der Waals surface area contributed by atoms with Gasteiger partial charge in [0.1, 0.15) is 17.5 Å². The summed E-state index contributed by atoms with van der Waals surface area (Å²) in [5.74, 6) is 0.649. The smallest absolute Gasteiger partial charge is 0.229 e. The van der Waals surface area contributed by atoms with Gasteiger partial charge in [0.15, 0.2) is 0 Å². The van der Waals surface area contributed by atoms with Crippen LogP contribution < -0.4 is 21.3 Å². The number of pyridine rings is 2. The van der Waals surface area contributed by atoms with Crippen molar-refractivity contribution in [2.45, 2.75) is 18.8 Å². The summed E-state index contributed by atoms with van der Waals surface area (Å²) in [6.07, 6.45) is 5.04. The van der Waals surface area contributed by atoms with Crippen molar-refractivity contribution in [2.24, 2.45) is 11.7 Å². The first-order valence-corrected chi connectivity index (χ1v) is 11.6. The summed E-state index contributed by atoms with van der Waals surface area (Å²) in [6.45, 7) is 3.37. The zero-order valence-corrected chi connectivity index (χ0v) is 19.4. The van der Waals surface area contributed by atoms with Gasteiger partial charge >= 0.3 is 0 Å². The third-order valence-electron chi connectivity index (χ3n) is 6.22. The minimum atomic E-state index is -0.678. The standard InChI is InChI=1S/C26H31FN6O/c1-29-15-19-10-13-33(17-19)23-8-7-22(24(25(28)34)20-5-3-11-30-16-20)26(32-23)31-12-9-18-4-2-6-21(27)14-18/h2-8,11,14,16,19,24,29H,9-10,12-13,15,17H2,1H3,(H2,28,34)(H,31,32)/t19-,24?/m0/s1. The maximum absolute atomic E-state index is 13.6. The Hall–Kier alpha value is -3.52. The molecule has 2 atom stereocenters. The topological polar surface area (TPSA) is 96.2 Å². The number of amides is 1. The first-order chi connectivity index (χ1) is 16.5. The lowest BCUT2D eigenvalue weighted by atomic mass is 9.92. The van der Waals surface area contributed by atoms with Crippen LogP contribution >= 0.6 is 0 Å². The van der Waals surface area contributed by atoms with E-state index in [0.29, 0.717) is 35.8 Å². The Bertz CT molecular complexity index is 1110. The van der Waals surface area contributed by atoms with E-state index in [4.69, 9.17) is 10.7 Å². The molecule has 8 heteroatoms. The maximum atomic E-state index is 13.6. The van der Waals surface area contributed by atoms with Crippen LogP contribution in [0.3, 0.4) is 0 Å². The number of carbonyl (C=O) groups is 1. The molecule has 1 aliphatic rings. The van der Waals surface area contributed by atoms with Crippen molar-refractivity contribution in [3.8, 4) is 0 Å². The van der Waals surface area contributed by atoms with E-state index < -0.39 is 11.8 Å². The van der Waals surface area contributed by atoms with Crippen LogP contribution in [0.5, 0.6) is 0 Å². The van der Waals surface area contributed by atoms with Crippen molar-refractivity contribution in [2.75, 3.05) is 43.4 Å².